The molecule has 1 heterocycles. The van der Waals surface area contributed by atoms with E-state index in [-0.39, 0.29) is 29.1 Å². The van der Waals surface area contributed by atoms with Crippen molar-refractivity contribution in [1.82, 2.24) is 10.6 Å². The van der Waals surface area contributed by atoms with Gasteiger partial charge in [0.2, 0.25) is 11.8 Å². The van der Waals surface area contributed by atoms with Crippen molar-refractivity contribution in [3.05, 3.63) is 29.8 Å². The van der Waals surface area contributed by atoms with Crippen LogP contribution in [0.2, 0.25) is 0 Å². The highest BCUT2D eigenvalue weighted by atomic mass is 16.2. The minimum Gasteiger partial charge on any atom is -0.352 e. The van der Waals surface area contributed by atoms with Crippen molar-refractivity contribution in [2.45, 2.75) is 45.1 Å². The summed E-state index contributed by atoms with van der Waals surface area (Å²) in [5.41, 5.74) is 2.12. The molecule has 1 unspecified atom stereocenters. The molecule has 1 atom stereocenters. The number of benzene rings is 1. The molecule has 3 aliphatic rings. The number of carbonyl (C=O) groups is 2. The summed E-state index contributed by atoms with van der Waals surface area (Å²) in [5.74, 6) is 0.680. The van der Waals surface area contributed by atoms with Crippen LogP contribution in [0.15, 0.2) is 24.3 Å². The average Bonchev–Trinajstić information content (AvgIpc) is 3.25. The van der Waals surface area contributed by atoms with Gasteiger partial charge in [0.1, 0.15) is 0 Å². The maximum atomic E-state index is 12.4. The highest BCUT2D eigenvalue weighted by molar-refractivity contribution is 5.93. The maximum Gasteiger partial charge on any atom is 0.227 e. The van der Waals surface area contributed by atoms with Gasteiger partial charge in [-0.05, 0) is 68.3 Å². The van der Waals surface area contributed by atoms with Crippen LogP contribution < -0.4 is 16.0 Å². The molecule has 5 nitrogen and oxygen atoms in total. The van der Waals surface area contributed by atoms with Crippen LogP contribution in [-0.2, 0) is 16.1 Å². The van der Waals surface area contributed by atoms with Crippen molar-refractivity contribution in [1.29, 1.82) is 0 Å². The largest absolute Gasteiger partial charge is 0.352 e. The number of carbonyl (C=O) groups excluding carboxylic acids is 2. The molecule has 1 aliphatic heterocycles. The van der Waals surface area contributed by atoms with Gasteiger partial charge in [0.25, 0.3) is 0 Å². The molecular formula is C20H27N3O2. The Balaban J connectivity index is 1.28. The normalized spacial score (nSPS) is 24.4. The summed E-state index contributed by atoms with van der Waals surface area (Å²) in [5, 5.41) is 9.45. The number of anilines is 1. The lowest BCUT2D eigenvalue weighted by Crippen LogP contribution is -2.33. The van der Waals surface area contributed by atoms with E-state index >= 15 is 0 Å². The fourth-order valence-electron chi connectivity index (χ4n) is 4.18. The summed E-state index contributed by atoms with van der Waals surface area (Å²) in [6.45, 7) is 2.59. The zero-order valence-electron chi connectivity index (χ0n) is 14.6. The number of nitrogens with one attached hydrogen (secondary N) is 3. The van der Waals surface area contributed by atoms with E-state index in [1.165, 1.54) is 0 Å². The van der Waals surface area contributed by atoms with Gasteiger partial charge in [0, 0.05) is 24.1 Å². The summed E-state index contributed by atoms with van der Waals surface area (Å²) >= 11 is 0. The highest BCUT2D eigenvalue weighted by Gasteiger charge is 2.57. The minimum atomic E-state index is 0.123. The first-order valence-electron chi connectivity index (χ1n) is 9.55. The monoisotopic (exact) mass is 341 g/mol. The van der Waals surface area contributed by atoms with E-state index in [1.54, 1.807) is 0 Å². The van der Waals surface area contributed by atoms with Crippen molar-refractivity contribution in [3.8, 4) is 0 Å². The van der Waals surface area contributed by atoms with Gasteiger partial charge in [-0.25, -0.2) is 0 Å². The van der Waals surface area contributed by atoms with Gasteiger partial charge >= 0.3 is 0 Å². The van der Waals surface area contributed by atoms with Crippen LogP contribution in [0.3, 0.4) is 0 Å². The van der Waals surface area contributed by atoms with Crippen LogP contribution in [0.4, 0.5) is 5.69 Å². The molecule has 0 aromatic heterocycles. The van der Waals surface area contributed by atoms with Crippen LogP contribution in [0.25, 0.3) is 0 Å². The van der Waals surface area contributed by atoms with Crippen molar-refractivity contribution in [2.24, 2.45) is 17.3 Å². The van der Waals surface area contributed by atoms with Gasteiger partial charge in [0.05, 0.1) is 0 Å². The molecule has 1 spiro atoms. The third-order valence-corrected chi connectivity index (χ3v) is 6.24. The molecule has 3 N–H and O–H groups in total. The summed E-state index contributed by atoms with van der Waals surface area (Å²) in [4.78, 5) is 24.5. The van der Waals surface area contributed by atoms with Crippen LogP contribution in [0.5, 0.6) is 0 Å². The SMILES string of the molecule is O=C(Nc1cccc(CNC(=O)C2CC23CCNCC3)c1)C1CCC1. The summed E-state index contributed by atoms with van der Waals surface area (Å²) in [6.07, 6.45) is 6.43. The van der Waals surface area contributed by atoms with Crippen LogP contribution in [0.1, 0.15) is 44.1 Å². The maximum absolute atomic E-state index is 12.4. The van der Waals surface area contributed by atoms with Gasteiger partial charge in [-0.3, -0.25) is 9.59 Å². The molecule has 0 radical (unpaired) electrons. The Morgan fingerprint density at radius 2 is 1.96 bits per heavy atom. The number of piperidine rings is 1. The molecule has 1 aromatic carbocycles. The van der Waals surface area contributed by atoms with E-state index in [9.17, 15) is 9.59 Å². The number of rotatable bonds is 5. The fourth-order valence-corrected chi connectivity index (χ4v) is 4.18. The summed E-state index contributed by atoms with van der Waals surface area (Å²) in [6, 6.07) is 7.80. The molecule has 5 heteroatoms. The van der Waals surface area contributed by atoms with Gasteiger partial charge in [0.15, 0.2) is 0 Å². The molecule has 1 saturated heterocycles. The molecule has 2 amide bonds. The molecule has 0 bridgehead atoms. The lowest BCUT2D eigenvalue weighted by molar-refractivity contribution is -0.123. The third kappa shape index (κ3) is 3.56. The molecular weight excluding hydrogens is 314 g/mol. The first kappa shape index (κ1) is 16.6. The standard InChI is InChI=1S/C20H27N3O2/c24-18(15-4-2-5-15)23-16-6-1-3-14(11-16)13-22-19(25)17-12-20(17)7-9-21-10-8-20/h1,3,6,11,15,17,21H,2,4-5,7-10,12-13H2,(H,22,25)(H,23,24). The highest BCUT2D eigenvalue weighted by Crippen LogP contribution is 2.58. The predicted octanol–water partition coefficient (Wildman–Crippen LogP) is 2.43. The molecule has 2 aliphatic carbocycles. The van der Waals surface area contributed by atoms with E-state index in [0.717, 1.165) is 62.9 Å². The Morgan fingerprint density at radius 1 is 1.16 bits per heavy atom. The van der Waals surface area contributed by atoms with Gasteiger partial charge in [-0.2, -0.15) is 0 Å². The van der Waals surface area contributed by atoms with Crippen molar-refractivity contribution >= 4 is 17.5 Å². The van der Waals surface area contributed by atoms with E-state index in [2.05, 4.69) is 16.0 Å². The van der Waals surface area contributed by atoms with Crippen LogP contribution in [-0.4, -0.2) is 24.9 Å². The lowest BCUT2D eigenvalue weighted by atomic mass is 9.85. The van der Waals surface area contributed by atoms with Gasteiger partial charge in [-0.1, -0.05) is 18.6 Å². The molecule has 2 saturated carbocycles. The number of hydrogen-bond acceptors (Lipinski definition) is 3. The number of hydrogen-bond donors (Lipinski definition) is 3. The molecule has 25 heavy (non-hydrogen) atoms. The van der Waals surface area contributed by atoms with Gasteiger partial charge < -0.3 is 16.0 Å². The number of amides is 2. The van der Waals surface area contributed by atoms with E-state index in [4.69, 9.17) is 0 Å². The Kier molecular flexibility index (Phi) is 4.50. The van der Waals surface area contributed by atoms with E-state index < -0.39 is 0 Å². The molecule has 1 aromatic rings. The predicted molar refractivity (Wildman–Crippen MR) is 96.9 cm³/mol. The Labute approximate surface area is 148 Å². The lowest BCUT2D eigenvalue weighted by Gasteiger charge is -2.24. The van der Waals surface area contributed by atoms with E-state index in [0.29, 0.717) is 6.54 Å². The molecule has 134 valence electrons. The van der Waals surface area contributed by atoms with E-state index in [1.807, 2.05) is 24.3 Å². The first-order valence-corrected chi connectivity index (χ1v) is 9.55. The zero-order chi connectivity index (χ0) is 17.3. The van der Waals surface area contributed by atoms with Crippen LogP contribution >= 0.6 is 0 Å². The second-order valence-corrected chi connectivity index (χ2v) is 7.90. The zero-order valence-corrected chi connectivity index (χ0v) is 14.6. The first-order chi connectivity index (χ1) is 12.2. The summed E-state index contributed by atoms with van der Waals surface area (Å²) < 4.78 is 0. The average molecular weight is 341 g/mol. The summed E-state index contributed by atoms with van der Waals surface area (Å²) in [7, 11) is 0. The van der Waals surface area contributed by atoms with Gasteiger partial charge in [-0.15, -0.1) is 0 Å². The molecule has 4 rings (SSSR count). The van der Waals surface area contributed by atoms with Crippen molar-refractivity contribution in [3.63, 3.8) is 0 Å². The topological polar surface area (TPSA) is 70.2 Å². The Hall–Kier alpha value is -1.88. The second kappa shape index (κ2) is 6.79. The second-order valence-electron chi connectivity index (χ2n) is 7.90. The Bertz CT molecular complexity index is 663. The Morgan fingerprint density at radius 3 is 2.68 bits per heavy atom. The third-order valence-electron chi connectivity index (χ3n) is 6.24. The van der Waals surface area contributed by atoms with Crippen molar-refractivity contribution in [2.75, 3.05) is 18.4 Å². The fraction of sp³-hybridized carbons (Fsp3) is 0.600. The molecule has 3 fully saturated rings. The van der Waals surface area contributed by atoms with Crippen molar-refractivity contribution < 1.29 is 9.59 Å². The minimum absolute atomic E-state index is 0.123. The van der Waals surface area contributed by atoms with Crippen LogP contribution in [0, 0.1) is 17.3 Å². The quantitative estimate of drug-likeness (QED) is 0.770. The smallest absolute Gasteiger partial charge is 0.227 e.